The zero-order chi connectivity index (χ0) is 22.7. The van der Waals surface area contributed by atoms with Crippen LogP contribution in [0.5, 0.6) is 5.75 Å². The fraction of sp³-hybridized carbons (Fsp3) is 0.320. The first-order valence-electron chi connectivity index (χ1n) is 10.7. The zero-order valence-electron chi connectivity index (χ0n) is 18.6. The van der Waals surface area contributed by atoms with Gasteiger partial charge in [0.15, 0.2) is 0 Å². The molecule has 3 aromatic rings. The first kappa shape index (κ1) is 21.6. The minimum absolute atomic E-state index is 0.0369. The van der Waals surface area contributed by atoms with Gasteiger partial charge in [0.25, 0.3) is 0 Å². The molecule has 166 valence electrons. The highest BCUT2D eigenvalue weighted by molar-refractivity contribution is 5.98. The van der Waals surface area contributed by atoms with Gasteiger partial charge in [-0.2, -0.15) is 5.10 Å². The lowest BCUT2D eigenvalue weighted by Gasteiger charge is -2.15. The molecular weight excluding hydrogens is 406 g/mol. The number of aromatic nitrogens is 2. The van der Waals surface area contributed by atoms with Crippen molar-refractivity contribution in [3.05, 3.63) is 71.0 Å². The highest BCUT2D eigenvalue weighted by Crippen LogP contribution is 2.41. The maximum absolute atomic E-state index is 12.3. The number of hydrogen-bond acceptors (Lipinski definition) is 5. The van der Waals surface area contributed by atoms with Crippen LogP contribution in [0, 0.1) is 13.8 Å². The third-order valence-corrected chi connectivity index (χ3v) is 5.53. The Bertz CT molecular complexity index is 1150. The molecule has 0 bridgehead atoms. The number of aryl methyl sites for hydroxylation is 3. The third-order valence-electron chi connectivity index (χ3n) is 5.53. The summed E-state index contributed by atoms with van der Waals surface area (Å²) in [5.74, 6) is 0.341. The molecule has 32 heavy (non-hydrogen) atoms. The zero-order valence-corrected chi connectivity index (χ0v) is 18.6. The molecule has 7 nitrogen and oxygen atoms in total. The molecule has 0 radical (unpaired) electrons. The molecule has 0 fully saturated rings. The van der Waals surface area contributed by atoms with Gasteiger partial charge in [-0.25, -0.2) is 4.79 Å². The molecule has 4 rings (SSSR count). The van der Waals surface area contributed by atoms with E-state index in [-0.39, 0.29) is 18.0 Å². The molecule has 1 N–H and O–H groups in total. The Kier molecular flexibility index (Phi) is 6.25. The van der Waals surface area contributed by atoms with E-state index < -0.39 is 0 Å². The summed E-state index contributed by atoms with van der Waals surface area (Å²) in [6, 6.07) is 13.4. The van der Waals surface area contributed by atoms with Crippen LogP contribution in [0.1, 0.15) is 33.6 Å². The average Bonchev–Trinajstić information content (AvgIpc) is 3.40. The molecule has 1 amide bonds. The van der Waals surface area contributed by atoms with E-state index in [1.54, 1.807) is 10.7 Å². The maximum atomic E-state index is 12.3. The van der Waals surface area contributed by atoms with Crippen LogP contribution in [-0.2, 0) is 22.5 Å². The number of nitrogens with zero attached hydrogens (tertiary/aromatic N) is 2. The van der Waals surface area contributed by atoms with Crippen LogP contribution in [0.3, 0.4) is 0 Å². The van der Waals surface area contributed by atoms with Crippen molar-refractivity contribution in [1.29, 1.82) is 0 Å². The summed E-state index contributed by atoms with van der Waals surface area (Å²) in [5.41, 5.74) is 5.23. The molecule has 0 saturated carbocycles. The largest absolute Gasteiger partial charge is 0.487 e. The molecule has 7 heteroatoms. The average molecular weight is 434 g/mol. The quantitative estimate of drug-likeness (QED) is 0.577. The second kappa shape index (κ2) is 9.26. The Labute approximate surface area is 187 Å². The lowest BCUT2D eigenvalue weighted by Crippen LogP contribution is -2.34. The van der Waals surface area contributed by atoms with Gasteiger partial charge in [-0.15, -0.1) is 0 Å². The highest BCUT2D eigenvalue weighted by Gasteiger charge is 2.28. The van der Waals surface area contributed by atoms with Crippen molar-refractivity contribution >= 4 is 11.9 Å². The first-order valence-corrected chi connectivity index (χ1v) is 10.7. The van der Waals surface area contributed by atoms with Crippen LogP contribution in [0.4, 0.5) is 0 Å². The Morgan fingerprint density at radius 3 is 2.75 bits per heavy atom. The number of rotatable bonds is 7. The Morgan fingerprint density at radius 1 is 1.19 bits per heavy atom. The number of hydrogen-bond donors (Lipinski definition) is 1. The molecule has 0 spiro atoms. The SMILES string of the molecule is COC(=O)c1ccccc1-c1cc(C)cc2c1O[C@@H](CNC(=O)CCn1ccc(C)n1)C2. The topological polar surface area (TPSA) is 82.5 Å². The third kappa shape index (κ3) is 4.66. The number of fused-ring (bicyclic) bond motifs is 1. The van der Waals surface area contributed by atoms with Crippen molar-refractivity contribution in [2.24, 2.45) is 0 Å². The van der Waals surface area contributed by atoms with E-state index >= 15 is 0 Å². The standard InChI is InChI=1S/C25H27N3O4/c1-16-12-18-14-19(15-26-23(29)9-11-28-10-8-17(2)27-28)32-24(18)22(13-16)20-6-4-5-7-21(20)25(30)31-3/h4-8,10,12-13,19H,9,11,14-15H2,1-3H3,(H,26,29)/t19-/m1/s1. The molecule has 0 aliphatic carbocycles. The Morgan fingerprint density at radius 2 is 2.00 bits per heavy atom. The van der Waals surface area contributed by atoms with Crippen molar-refractivity contribution in [2.45, 2.75) is 39.3 Å². The predicted octanol–water partition coefficient (Wildman–Crippen LogP) is 3.46. The number of methoxy groups -OCH3 is 1. The number of benzene rings is 2. The van der Waals surface area contributed by atoms with Gasteiger partial charge >= 0.3 is 5.97 Å². The Hall–Kier alpha value is -3.61. The predicted molar refractivity (Wildman–Crippen MR) is 121 cm³/mol. The summed E-state index contributed by atoms with van der Waals surface area (Å²) in [6.07, 6.45) is 2.77. The summed E-state index contributed by atoms with van der Waals surface area (Å²) < 4.78 is 13.0. The summed E-state index contributed by atoms with van der Waals surface area (Å²) in [7, 11) is 1.38. The van der Waals surface area contributed by atoms with Crippen molar-refractivity contribution in [3.63, 3.8) is 0 Å². The van der Waals surface area contributed by atoms with Crippen molar-refractivity contribution in [2.75, 3.05) is 13.7 Å². The van der Waals surface area contributed by atoms with Crippen LogP contribution in [0.2, 0.25) is 0 Å². The highest BCUT2D eigenvalue weighted by atomic mass is 16.5. The maximum Gasteiger partial charge on any atom is 0.338 e. The fourth-order valence-corrected chi connectivity index (χ4v) is 4.03. The number of amides is 1. The van der Waals surface area contributed by atoms with E-state index in [0.29, 0.717) is 31.5 Å². The van der Waals surface area contributed by atoms with Crippen LogP contribution < -0.4 is 10.1 Å². The van der Waals surface area contributed by atoms with Crippen molar-refractivity contribution in [3.8, 4) is 16.9 Å². The number of carbonyl (C=O) groups excluding carboxylic acids is 2. The van der Waals surface area contributed by atoms with E-state index in [2.05, 4.69) is 16.5 Å². The number of nitrogens with one attached hydrogen (secondary N) is 1. The Balaban J connectivity index is 1.45. The van der Waals surface area contributed by atoms with Gasteiger partial charge in [0.05, 0.1) is 24.9 Å². The van der Waals surface area contributed by atoms with E-state index in [1.807, 2.05) is 50.4 Å². The lowest BCUT2D eigenvalue weighted by molar-refractivity contribution is -0.121. The molecule has 0 unspecified atom stereocenters. The van der Waals surface area contributed by atoms with E-state index in [0.717, 1.165) is 33.7 Å². The van der Waals surface area contributed by atoms with Crippen LogP contribution >= 0.6 is 0 Å². The molecule has 0 saturated heterocycles. The van der Waals surface area contributed by atoms with Gasteiger partial charge in [-0.3, -0.25) is 9.48 Å². The molecule has 1 aliphatic rings. The monoisotopic (exact) mass is 433 g/mol. The van der Waals surface area contributed by atoms with E-state index in [1.165, 1.54) is 7.11 Å². The fourth-order valence-electron chi connectivity index (χ4n) is 4.03. The lowest BCUT2D eigenvalue weighted by atomic mass is 9.94. The van der Waals surface area contributed by atoms with Gasteiger partial charge in [0.1, 0.15) is 11.9 Å². The number of carbonyl (C=O) groups is 2. The molecular formula is C25H27N3O4. The second-order valence-electron chi connectivity index (χ2n) is 8.06. The van der Waals surface area contributed by atoms with E-state index in [4.69, 9.17) is 9.47 Å². The normalized spacial score (nSPS) is 14.5. The van der Waals surface area contributed by atoms with Gasteiger partial charge < -0.3 is 14.8 Å². The van der Waals surface area contributed by atoms with Gasteiger partial charge in [-0.05, 0) is 48.7 Å². The van der Waals surface area contributed by atoms with E-state index in [9.17, 15) is 9.59 Å². The summed E-state index contributed by atoms with van der Waals surface area (Å²) in [5, 5.41) is 7.27. The van der Waals surface area contributed by atoms with Gasteiger partial charge in [0, 0.05) is 31.1 Å². The smallest absolute Gasteiger partial charge is 0.338 e. The molecule has 1 aromatic heterocycles. The molecule has 2 heterocycles. The number of ether oxygens (including phenoxy) is 2. The first-order chi connectivity index (χ1) is 15.4. The van der Waals surface area contributed by atoms with Crippen LogP contribution in [0.15, 0.2) is 48.7 Å². The van der Waals surface area contributed by atoms with Gasteiger partial charge in [0.2, 0.25) is 5.91 Å². The summed E-state index contributed by atoms with van der Waals surface area (Å²) in [4.78, 5) is 24.6. The second-order valence-corrected chi connectivity index (χ2v) is 8.06. The van der Waals surface area contributed by atoms with Crippen molar-refractivity contribution in [1.82, 2.24) is 15.1 Å². The van der Waals surface area contributed by atoms with Crippen LogP contribution in [-0.4, -0.2) is 41.4 Å². The summed E-state index contributed by atoms with van der Waals surface area (Å²) in [6.45, 7) is 4.91. The van der Waals surface area contributed by atoms with Crippen LogP contribution in [0.25, 0.3) is 11.1 Å². The minimum Gasteiger partial charge on any atom is -0.487 e. The minimum atomic E-state index is -0.384. The molecule has 1 aliphatic heterocycles. The van der Waals surface area contributed by atoms with Gasteiger partial charge in [-0.1, -0.05) is 24.3 Å². The molecule has 1 atom stereocenters. The summed E-state index contributed by atoms with van der Waals surface area (Å²) >= 11 is 0. The number of esters is 1. The molecule has 2 aromatic carbocycles. The van der Waals surface area contributed by atoms with Crippen molar-refractivity contribution < 1.29 is 19.1 Å².